The van der Waals surface area contributed by atoms with Gasteiger partial charge in [-0.2, -0.15) is 4.98 Å². The summed E-state index contributed by atoms with van der Waals surface area (Å²) in [6.45, 7) is 3.25. The lowest BCUT2D eigenvalue weighted by Crippen LogP contribution is -2.31. The van der Waals surface area contributed by atoms with Gasteiger partial charge in [0.25, 0.3) is 0 Å². The van der Waals surface area contributed by atoms with E-state index in [4.69, 9.17) is 9.26 Å². The van der Waals surface area contributed by atoms with E-state index >= 15 is 0 Å². The molecule has 1 aliphatic rings. The maximum atomic E-state index is 5.47. The van der Waals surface area contributed by atoms with Crippen molar-refractivity contribution in [1.29, 1.82) is 0 Å². The van der Waals surface area contributed by atoms with Gasteiger partial charge in [-0.25, -0.2) is 0 Å². The van der Waals surface area contributed by atoms with Crippen molar-refractivity contribution < 1.29 is 9.26 Å². The average molecular weight is 287 g/mol. The molecule has 1 aromatic heterocycles. The molecule has 0 saturated carbocycles. The fourth-order valence-corrected chi connectivity index (χ4v) is 2.87. The Balaban J connectivity index is 1.83. The van der Waals surface area contributed by atoms with E-state index < -0.39 is 0 Å². The van der Waals surface area contributed by atoms with Gasteiger partial charge in [-0.05, 0) is 37.4 Å². The topological polar surface area (TPSA) is 60.2 Å². The van der Waals surface area contributed by atoms with Gasteiger partial charge in [0, 0.05) is 0 Å². The van der Waals surface area contributed by atoms with Gasteiger partial charge < -0.3 is 14.6 Å². The predicted octanol–water partition coefficient (Wildman–Crippen LogP) is 3.20. The molecule has 0 amide bonds. The van der Waals surface area contributed by atoms with Gasteiger partial charge in [0.15, 0.2) is 0 Å². The molecule has 0 spiro atoms. The molecule has 2 aromatic rings. The van der Waals surface area contributed by atoms with Crippen molar-refractivity contribution in [3.63, 3.8) is 0 Å². The summed E-state index contributed by atoms with van der Waals surface area (Å²) in [6.07, 6.45) is 3.48. The number of methoxy groups -OCH3 is 1. The summed E-state index contributed by atoms with van der Waals surface area (Å²) >= 11 is 0. The minimum atomic E-state index is 0.166. The second kappa shape index (κ2) is 6.26. The molecule has 1 N–H and O–H groups in total. The summed E-state index contributed by atoms with van der Waals surface area (Å²) in [5.41, 5.74) is 0.859. The van der Waals surface area contributed by atoms with Crippen molar-refractivity contribution in [2.45, 2.75) is 32.2 Å². The number of rotatable bonds is 4. The summed E-state index contributed by atoms with van der Waals surface area (Å²) in [4.78, 5) is 4.56. The molecule has 21 heavy (non-hydrogen) atoms. The maximum absolute atomic E-state index is 5.47. The molecule has 0 bridgehead atoms. The molecule has 0 radical (unpaired) electrons. The summed E-state index contributed by atoms with van der Waals surface area (Å²) in [5, 5.41) is 7.58. The highest BCUT2D eigenvalue weighted by atomic mass is 16.5. The zero-order chi connectivity index (χ0) is 14.7. The second-order valence-corrected chi connectivity index (χ2v) is 5.46. The Kier molecular flexibility index (Phi) is 4.20. The molecular weight excluding hydrogens is 266 g/mol. The third-order valence-corrected chi connectivity index (χ3v) is 4.18. The van der Waals surface area contributed by atoms with E-state index in [-0.39, 0.29) is 6.04 Å². The van der Waals surface area contributed by atoms with E-state index in [9.17, 15) is 0 Å². The van der Waals surface area contributed by atoms with Crippen LogP contribution in [-0.4, -0.2) is 23.8 Å². The third-order valence-electron chi connectivity index (χ3n) is 4.18. The maximum Gasteiger partial charge on any atom is 0.244 e. The van der Waals surface area contributed by atoms with Crippen molar-refractivity contribution in [1.82, 2.24) is 15.5 Å². The molecule has 112 valence electrons. The molecule has 2 unspecified atom stereocenters. The Labute approximate surface area is 124 Å². The second-order valence-electron chi connectivity index (χ2n) is 5.46. The van der Waals surface area contributed by atoms with E-state index in [0.29, 0.717) is 11.7 Å². The molecule has 1 aliphatic heterocycles. The fraction of sp³-hybridized carbons (Fsp3) is 0.500. The van der Waals surface area contributed by atoms with Gasteiger partial charge in [0.05, 0.1) is 18.7 Å². The first-order valence-electron chi connectivity index (χ1n) is 7.52. The predicted molar refractivity (Wildman–Crippen MR) is 80.0 cm³/mol. The number of piperidine rings is 1. The lowest BCUT2D eigenvalue weighted by atomic mass is 9.90. The van der Waals surface area contributed by atoms with Crippen LogP contribution in [0, 0.1) is 5.92 Å². The number of para-hydroxylation sites is 1. The number of hydrogen-bond donors (Lipinski definition) is 1. The molecule has 0 aliphatic carbocycles. The number of nitrogens with zero attached hydrogens (tertiary/aromatic N) is 2. The van der Waals surface area contributed by atoms with Crippen LogP contribution in [-0.2, 0) is 0 Å². The highest BCUT2D eigenvalue weighted by Gasteiger charge is 2.26. The van der Waals surface area contributed by atoms with Crippen molar-refractivity contribution in [3.8, 4) is 17.1 Å². The van der Waals surface area contributed by atoms with Crippen molar-refractivity contribution in [3.05, 3.63) is 30.2 Å². The zero-order valence-electron chi connectivity index (χ0n) is 12.5. The lowest BCUT2D eigenvalue weighted by Gasteiger charge is -2.27. The molecular formula is C16H21N3O2. The molecule has 5 nitrogen and oxygen atoms in total. The standard InChI is InChI=1S/C16H21N3O2/c1-3-11-8-9-17-13(10-11)16-18-15(19-21-16)12-6-4-5-7-14(12)20-2/h4-7,11,13,17H,3,8-10H2,1-2H3. The van der Waals surface area contributed by atoms with Gasteiger partial charge >= 0.3 is 0 Å². The van der Waals surface area contributed by atoms with E-state index in [1.807, 2.05) is 24.3 Å². The first-order valence-corrected chi connectivity index (χ1v) is 7.52. The molecule has 2 heterocycles. The number of nitrogens with one attached hydrogen (secondary N) is 1. The van der Waals surface area contributed by atoms with Crippen molar-refractivity contribution in [2.24, 2.45) is 5.92 Å². The van der Waals surface area contributed by atoms with E-state index in [1.54, 1.807) is 7.11 Å². The van der Waals surface area contributed by atoms with Crippen LogP contribution in [0.2, 0.25) is 0 Å². The van der Waals surface area contributed by atoms with Crippen LogP contribution in [0.1, 0.15) is 38.1 Å². The Morgan fingerprint density at radius 1 is 1.38 bits per heavy atom. The molecule has 3 rings (SSSR count). The van der Waals surface area contributed by atoms with Gasteiger partial charge in [-0.1, -0.05) is 30.6 Å². The third kappa shape index (κ3) is 2.93. The lowest BCUT2D eigenvalue weighted by molar-refractivity contribution is 0.246. The molecule has 1 saturated heterocycles. The monoisotopic (exact) mass is 287 g/mol. The van der Waals surface area contributed by atoms with Gasteiger partial charge in [0.2, 0.25) is 11.7 Å². The highest BCUT2D eigenvalue weighted by Crippen LogP contribution is 2.31. The average Bonchev–Trinajstić information content (AvgIpc) is 3.04. The normalized spacial score (nSPS) is 22.2. The Hall–Kier alpha value is -1.88. The first kappa shape index (κ1) is 14.1. The van der Waals surface area contributed by atoms with Crippen LogP contribution in [0.4, 0.5) is 0 Å². The summed E-state index contributed by atoms with van der Waals surface area (Å²) in [6, 6.07) is 7.88. The van der Waals surface area contributed by atoms with Gasteiger partial charge in [0.1, 0.15) is 5.75 Å². The molecule has 5 heteroatoms. The Morgan fingerprint density at radius 3 is 3.05 bits per heavy atom. The van der Waals surface area contributed by atoms with E-state index in [1.165, 1.54) is 12.8 Å². The van der Waals surface area contributed by atoms with Gasteiger partial charge in [-0.15, -0.1) is 0 Å². The number of benzene rings is 1. The Morgan fingerprint density at radius 2 is 2.24 bits per heavy atom. The van der Waals surface area contributed by atoms with E-state index in [2.05, 4.69) is 22.4 Å². The molecule has 2 atom stereocenters. The number of aromatic nitrogens is 2. The van der Waals surface area contributed by atoms with Gasteiger partial charge in [-0.3, -0.25) is 0 Å². The van der Waals surface area contributed by atoms with Crippen molar-refractivity contribution in [2.75, 3.05) is 13.7 Å². The smallest absolute Gasteiger partial charge is 0.244 e. The number of hydrogen-bond acceptors (Lipinski definition) is 5. The van der Waals surface area contributed by atoms with Crippen LogP contribution in [0.15, 0.2) is 28.8 Å². The molecule has 1 fully saturated rings. The van der Waals surface area contributed by atoms with Crippen LogP contribution in [0.3, 0.4) is 0 Å². The largest absolute Gasteiger partial charge is 0.496 e. The SMILES string of the molecule is CCC1CCNC(c2nc(-c3ccccc3OC)no2)C1. The molecule has 1 aromatic carbocycles. The quantitative estimate of drug-likeness (QED) is 0.935. The first-order chi connectivity index (χ1) is 10.3. The fourth-order valence-electron chi connectivity index (χ4n) is 2.87. The van der Waals surface area contributed by atoms with Crippen LogP contribution < -0.4 is 10.1 Å². The van der Waals surface area contributed by atoms with Crippen LogP contribution >= 0.6 is 0 Å². The summed E-state index contributed by atoms with van der Waals surface area (Å²) < 4.78 is 10.8. The van der Waals surface area contributed by atoms with Crippen LogP contribution in [0.5, 0.6) is 5.75 Å². The highest BCUT2D eigenvalue weighted by molar-refractivity contribution is 5.63. The minimum absolute atomic E-state index is 0.166. The summed E-state index contributed by atoms with van der Waals surface area (Å²) in [7, 11) is 1.65. The minimum Gasteiger partial charge on any atom is -0.496 e. The van der Waals surface area contributed by atoms with Crippen molar-refractivity contribution >= 4 is 0 Å². The summed E-state index contributed by atoms with van der Waals surface area (Å²) in [5.74, 6) is 2.75. The Bertz CT molecular complexity index is 597. The number of ether oxygens (including phenoxy) is 1. The zero-order valence-corrected chi connectivity index (χ0v) is 12.5. The van der Waals surface area contributed by atoms with Crippen LogP contribution in [0.25, 0.3) is 11.4 Å². The van der Waals surface area contributed by atoms with E-state index in [0.717, 1.165) is 30.2 Å².